The predicted molar refractivity (Wildman–Crippen MR) is 134 cm³/mol. The fourth-order valence-corrected chi connectivity index (χ4v) is 6.21. The van der Waals surface area contributed by atoms with Crippen molar-refractivity contribution in [3.8, 4) is 11.3 Å². The van der Waals surface area contributed by atoms with Crippen LogP contribution in [0.2, 0.25) is 0 Å². The zero-order valence-corrected chi connectivity index (χ0v) is 19.7. The lowest BCUT2D eigenvalue weighted by Crippen LogP contribution is -2.48. The second-order valence-electron chi connectivity index (χ2n) is 8.11. The van der Waals surface area contributed by atoms with Gasteiger partial charge in [0.05, 0.1) is 11.4 Å². The molecule has 2 bridgehead atoms. The molecular formula is C23H22N4O2S3. The van der Waals surface area contributed by atoms with E-state index in [0.29, 0.717) is 17.0 Å². The summed E-state index contributed by atoms with van der Waals surface area (Å²) in [5.41, 5.74) is 3.06. The Bertz CT molecular complexity index is 1210. The van der Waals surface area contributed by atoms with E-state index in [0.717, 1.165) is 47.3 Å². The van der Waals surface area contributed by atoms with E-state index in [1.165, 1.54) is 23.1 Å². The highest BCUT2D eigenvalue weighted by Crippen LogP contribution is 2.36. The van der Waals surface area contributed by atoms with Crippen molar-refractivity contribution in [1.82, 2.24) is 14.5 Å². The highest BCUT2D eigenvalue weighted by molar-refractivity contribution is 8.23. The Balaban J connectivity index is 1.16. The lowest BCUT2D eigenvalue weighted by molar-refractivity contribution is -0.113. The third-order valence-electron chi connectivity index (χ3n) is 5.88. The first kappa shape index (κ1) is 21.4. The van der Waals surface area contributed by atoms with Crippen molar-refractivity contribution in [2.24, 2.45) is 5.92 Å². The van der Waals surface area contributed by atoms with Gasteiger partial charge in [0.15, 0.2) is 5.13 Å². The molecule has 1 aromatic carbocycles. The molecule has 2 aromatic heterocycles. The van der Waals surface area contributed by atoms with E-state index >= 15 is 0 Å². The van der Waals surface area contributed by atoms with E-state index in [4.69, 9.17) is 12.2 Å². The lowest BCUT2D eigenvalue weighted by Gasteiger charge is -2.43. The average molecular weight is 483 g/mol. The Kier molecular flexibility index (Phi) is 6.12. The second kappa shape index (κ2) is 9.17. The Hall–Kier alpha value is -2.49. The van der Waals surface area contributed by atoms with Crippen LogP contribution in [0, 0.1) is 5.92 Å². The molecule has 5 rings (SSSR count). The Morgan fingerprint density at radius 1 is 1.16 bits per heavy atom. The first-order chi connectivity index (χ1) is 15.6. The van der Waals surface area contributed by atoms with Gasteiger partial charge in [-0.15, -0.1) is 11.3 Å². The molecule has 2 atom stereocenters. The maximum Gasteiger partial charge on any atom is 0.250 e. The molecule has 0 radical (unpaired) electrons. The van der Waals surface area contributed by atoms with Crippen molar-refractivity contribution in [2.75, 3.05) is 24.2 Å². The Morgan fingerprint density at radius 3 is 2.84 bits per heavy atom. The summed E-state index contributed by atoms with van der Waals surface area (Å²) in [7, 11) is 0. The predicted octanol–water partition coefficient (Wildman–Crippen LogP) is 4.05. The van der Waals surface area contributed by atoms with Gasteiger partial charge in [-0.05, 0) is 18.4 Å². The molecule has 6 nitrogen and oxygen atoms in total. The van der Waals surface area contributed by atoms with Gasteiger partial charge in [0.1, 0.15) is 4.32 Å². The number of thiazole rings is 1. The van der Waals surface area contributed by atoms with Crippen molar-refractivity contribution >= 4 is 50.7 Å². The van der Waals surface area contributed by atoms with Crippen LogP contribution in [0.1, 0.15) is 18.0 Å². The number of amides is 1. The van der Waals surface area contributed by atoms with Crippen LogP contribution in [0.25, 0.3) is 11.3 Å². The molecule has 0 aliphatic carbocycles. The molecule has 4 heterocycles. The summed E-state index contributed by atoms with van der Waals surface area (Å²) >= 11 is 8.46. The zero-order valence-electron chi connectivity index (χ0n) is 17.3. The van der Waals surface area contributed by atoms with Crippen LogP contribution in [-0.2, 0) is 11.3 Å². The van der Waals surface area contributed by atoms with Crippen LogP contribution in [0.5, 0.6) is 0 Å². The molecular weight excluding hydrogens is 460 g/mol. The lowest BCUT2D eigenvalue weighted by atomic mass is 9.83. The van der Waals surface area contributed by atoms with E-state index < -0.39 is 0 Å². The third kappa shape index (κ3) is 4.51. The number of carbonyl (C=O) groups is 1. The number of nitrogens with one attached hydrogen (secondary N) is 1. The summed E-state index contributed by atoms with van der Waals surface area (Å²) < 4.78 is 2.66. The fourth-order valence-electron chi connectivity index (χ4n) is 4.49. The second-order valence-corrected chi connectivity index (χ2v) is 10.6. The molecule has 0 unspecified atom stereocenters. The van der Waals surface area contributed by atoms with Crippen LogP contribution in [0.4, 0.5) is 5.13 Å². The van der Waals surface area contributed by atoms with E-state index in [2.05, 4.69) is 15.2 Å². The number of fused-ring (bicyclic) bond motifs is 4. The maximum atomic E-state index is 12.5. The van der Waals surface area contributed by atoms with Gasteiger partial charge in [-0.2, -0.15) is 0 Å². The Morgan fingerprint density at radius 2 is 2.00 bits per heavy atom. The van der Waals surface area contributed by atoms with Gasteiger partial charge in [0, 0.05) is 48.3 Å². The van der Waals surface area contributed by atoms with Gasteiger partial charge in [-0.25, -0.2) is 4.98 Å². The minimum absolute atomic E-state index is 0.0804. The third-order valence-corrected chi connectivity index (χ3v) is 8.17. The maximum absolute atomic E-state index is 12.5. The summed E-state index contributed by atoms with van der Waals surface area (Å²) in [4.78, 5) is 31.4. The summed E-state index contributed by atoms with van der Waals surface area (Å²) in [6, 6.07) is 15.4. The van der Waals surface area contributed by atoms with Gasteiger partial charge in [0.25, 0.3) is 5.56 Å². The number of hydrogen-bond donors (Lipinski definition) is 1. The molecule has 1 N–H and O–H groups in total. The van der Waals surface area contributed by atoms with E-state index in [-0.39, 0.29) is 17.2 Å². The number of piperidine rings is 1. The number of rotatable bonds is 4. The molecule has 0 saturated carbocycles. The summed E-state index contributed by atoms with van der Waals surface area (Å²) in [5.74, 6) is 0.845. The van der Waals surface area contributed by atoms with Crippen LogP contribution in [0.3, 0.4) is 0 Å². The number of likely N-dealkylation sites (tertiary alicyclic amines) is 1. The number of thiocarbonyl (C=S) groups is 1. The van der Waals surface area contributed by atoms with Crippen molar-refractivity contribution in [3.63, 3.8) is 0 Å². The van der Waals surface area contributed by atoms with Crippen molar-refractivity contribution < 1.29 is 4.79 Å². The number of thioether (sulfide) groups is 1. The quantitative estimate of drug-likeness (QED) is 0.566. The molecule has 2 aliphatic heterocycles. The van der Waals surface area contributed by atoms with Crippen LogP contribution >= 0.6 is 35.3 Å². The molecule has 3 aromatic rings. The van der Waals surface area contributed by atoms with E-state index in [1.54, 1.807) is 6.07 Å². The van der Waals surface area contributed by atoms with Crippen molar-refractivity contribution in [1.29, 1.82) is 0 Å². The highest BCUT2D eigenvalue weighted by atomic mass is 32.2. The number of anilines is 1. The molecule has 164 valence electrons. The largest absolute Gasteiger partial charge is 0.356 e. The van der Waals surface area contributed by atoms with Gasteiger partial charge >= 0.3 is 0 Å². The SMILES string of the molecule is O=C(CSC(=S)N1C[C@@H]2C[C@H](C1)c1cccc(=O)n1C2)Nc1nc(-c2ccccc2)cs1. The van der Waals surface area contributed by atoms with Gasteiger partial charge < -0.3 is 14.8 Å². The van der Waals surface area contributed by atoms with Crippen molar-refractivity contribution in [3.05, 3.63) is 70.0 Å². The van der Waals surface area contributed by atoms with Gasteiger partial charge in [-0.1, -0.05) is 60.4 Å². The molecule has 9 heteroatoms. The first-order valence-corrected chi connectivity index (χ1v) is 12.8. The monoisotopic (exact) mass is 482 g/mol. The van der Waals surface area contributed by atoms with E-state index in [1.807, 2.05) is 52.4 Å². The molecule has 32 heavy (non-hydrogen) atoms. The summed E-state index contributed by atoms with van der Waals surface area (Å²) in [6.07, 6.45) is 1.08. The first-order valence-electron chi connectivity index (χ1n) is 10.5. The molecule has 0 spiro atoms. The van der Waals surface area contributed by atoms with E-state index in [9.17, 15) is 9.59 Å². The molecule has 1 fully saturated rings. The molecule has 1 amide bonds. The minimum Gasteiger partial charge on any atom is -0.356 e. The minimum atomic E-state index is -0.111. The molecule has 2 aliphatic rings. The number of benzene rings is 1. The number of pyridine rings is 1. The number of carbonyl (C=O) groups excluding carboxylic acids is 1. The van der Waals surface area contributed by atoms with Crippen molar-refractivity contribution in [2.45, 2.75) is 18.9 Å². The normalized spacial score (nSPS) is 19.3. The van der Waals surface area contributed by atoms with Gasteiger partial charge in [-0.3, -0.25) is 9.59 Å². The zero-order chi connectivity index (χ0) is 22.1. The number of hydrogen-bond acceptors (Lipinski definition) is 6. The number of nitrogens with zero attached hydrogens (tertiary/aromatic N) is 3. The van der Waals surface area contributed by atoms with Crippen LogP contribution in [0.15, 0.2) is 58.7 Å². The van der Waals surface area contributed by atoms with Gasteiger partial charge in [0.2, 0.25) is 5.91 Å². The number of aromatic nitrogens is 2. The topological polar surface area (TPSA) is 67.2 Å². The summed E-state index contributed by atoms with van der Waals surface area (Å²) in [6.45, 7) is 2.36. The van der Waals surface area contributed by atoms with Crippen LogP contribution < -0.4 is 10.9 Å². The standard InChI is InChI=1S/C23H22N4O2S3/c28-20(25-22-24-18(13-31-22)16-5-2-1-3-6-16)14-32-23(30)26-10-15-9-17(12-26)19-7-4-8-21(29)27(19)11-15/h1-8,13,15,17H,9-12,14H2,(H,24,25,28)/t15-,17+/m0/s1. The fraction of sp³-hybridized carbons (Fsp3) is 0.304. The Labute approximate surface area is 199 Å². The summed E-state index contributed by atoms with van der Waals surface area (Å²) in [5, 5.41) is 5.42. The highest BCUT2D eigenvalue weighted by Gasteiger charge is 2.35. The van der Waals surface area contributed by atoms with Crippen LogP contribution in [-0.4, -0.2) is 43.5 Å². The smallest absolute Gasteiger partial charge is 0.250 e. The average Bonchev–Trinajstić information content (AvgIpc) is 3.27. The molecule has 1 saturated heterocycles.